The van der Waals surface area contributed by atoms with Gasteiger partial charge in [0.15, 0.2) is 0 Å². The van der Waals surface area contributed by atoms with E-state index in [2.05, 4.69) is 5.32 Å². The van der Waals surface area contributed by atoms with Gasteiger partial charge in [-0.05, 0) is 50.1 Å². The second-order valence-corrected chi connectivity index (χ2v) is 10.3. The van der Waals surface area contributed by atoms with Crippen molar-refractivity contribution < 1.29 is 18.0 Å². The molecule has 174 valence electrons. The molecule has 0 fully saturated rings. The standard InChI is InChI=1S/C22H27Cl2N3O4S/c1-14-9-10-15(2)20(11-14)27(32(5,30)31)13-21(28)26(16(3)22(29)25-4)12-17-18(23)7-6-8-19(17)24/h6-11,16H,12-13H2,1-5H3,(H,25,29). The van der Waals surface area contributed by atoms with Crippen molar-refractivity contribution in [3.05, 3.63) is 63.1 Å². The maximum absolute atomic E-state index is 13.4. The molecule has 0 aromatic heterocycles. The molecule has 1 atom stereocenters. The van der Waals surface area contributed by atoms with Gasteiger partial charge in [-0.1, -0.05) is 41.4 Å². The summed E-state index contributed by atoms with van der Waals surface area (Å²) in [6, 6.07) is 9.42. The summed E-state index contributed by atoms with van der Waals surface area (Å²) in [5.41, 5.74) is 2.43. The first-order chi connectivity index (χ1) is 14.9. The number of carbonyl (C=O) groups is 2. The van der Waals surface area contributed by atoms with Gasteiger partial charge in [0.05, 0.1) is 11.9 Å². The Morgan fingerprint density at radius 2 is 1.69 bits per heavy atom. The first-order valence-electron chi connectivity index (χ1n) is 9.85. The van der Waals surface area contributed by atoms with Crippen LogP contribution < -0.4 is 9.62 Å². The van der Waals surface area contributed by atoms with E-state index in [1.54, 1.807) is 44.2 Å². The van der Waals surface area contributed by atoms with Gasteiger partial charge in [-0.25, -0.2) is 8.42 Å². The summed E-state index contributed by atoms with van der Waals surface area (Å²) in [6.07, 6.45) is 1.04. The number of benzene rings is 2. The van der Waals surface area contributed by atoms with Crippen LogP contribution in [0.25, 0.3) is 0 Å². The van der Waals surface area contributed by atoms with Crippen molar-refractivity contribution in [3.8, 4) is 0 Å². The van der Waals surface area contributed by atoms with Crippen molar-refractivity contribution in [2.24, 2.45) is 0 Å². The Kier molecular flexibility index (Phi) is 8.56. The number of amides is 2. The van der Waals surface area contributed by atoms with Crippen LogP contribution >= 0.6 is 23.2 Å². The van der Waals surface area contributed by atoms with Gasteiger partial charge in [0.2, 0.25) is 21.8 Å². The van der Waals surface area contributed by atoms with E-state index in [1.165, 1.54) is 11.9 Å². The van der Waals surface area contributed by atoms with Crippen molar-refractivity contribution in [3.63, 3.8) is 0 Å². The zero-order valence-electron chi connectivity index (χ0n) is 18.6. The number of likely N-dealkylation sites (N-methyl/N-ethyl adjacent to an activating group) is 1. The van der Waals surface area contributed by atoms with Crippen molar-refractivity contribution in [1.29, 1.82) is 0 Å². The van der Waals surface area contributed by atoms with E-state index in [0.717, 1.165) is 16.1 Å². The molecule has 0 heterocycles. The van der Waals surface area contributed by atoms with E-state index < -0.39 is 34.4 Å². The van der Waals surface area contributed by atoms with Gasteiger partial charge in [0, 0.05) is 29.2 Å². The Bertz CT molecular complexity index is 1100. The summed E-state index contributed by atoms with van der Waals surface area (Å²) in [4.78, 5) is 27.1. The van der Waals surface area contributed by atoms with Crippen molar-refractivity contribution >= 4 is 50.7 Å². The van der Waals surface area contributed by atoms with Gasteiger partial charge < -0.3 is 10.2 Å². The third-order valence-corrected chi connectivity index (χ3v) is 6.95. The lowest BCUT2D eigenvalue weighted by molar-refractivity contribution is -0.139. The highest BCUT2D eigenvalue weighted by Gasteiger charge is 2.31. The fourth-order valence-electron chi connectivity index (χ4n) is 3.23. The van der Waals surface area contributed by atoms with Crippen LogP contribution in [0.15, 0.2) is 36.4 Å². The number of aryl methyl sites for hydroxylation is 2. The van der Waals surface area contributed by atoms with Crippen molar-refractivity contribution in [2.45, 2.75) is 33.4 Å². The van der Waals surface area contributed by atoms with E-state index in [4.69, 9.17) is 23.2 Å². The van der Waals surface area contributed by atoms with Gasteiger partial charge in [0.1, 0.15) is 12.6 Å². The monoisotopic (exact) mass is 499 g/mol. The molecule has 0 aliphatic heterocycles. The minimum absolute atomic E-state index is 0.0592. The quantitative estimate of drug-likeness (QED) is 0.601. The molecule has 0 saturated carbocycles. The summed E-state index contributed by atoms with van der Waals surface area (Å²) in [7, 11) is -2.33. The van der Waals surface area contributed by atoms with Crippen LogP contribution in [0.3, 0.4) is 0 Å². The molecular formula is C22H27Cl2N3O4S. The number of hydrogen-bond donors (Lipinski definition) is 1. The fourth-order valence-corrected chi connectivity index (χ4v) is 4.64. The van der Waals surface area contributed by atoms with Crippen LogP contribution in [-0.2, 0) is 26.2 Å². The highest BCUT2D eigenvalue weighted by atomic mass is 35.5. The molecule has 7 nitrogen and oxygen atoms in total. The predicted molar refractivity (Wildman–Crippen MR) is 129 cm³/mol. The largest absolute Gasteiger partial charge is 0.357 e. The Morgan fingerprint density at radius 1 is 1.09 bits per heavy atom. The van der Waals surface area contributed by atoms with E-state index in [-0.39, 0.29) is 6.54 Å². The van der Waals surface area contributed by atoms with Gasteiger partial charge in [0.25, 0.3) is 0 Å². The molecule has 0 spiro atoms. The average molecular weight is 500 g/mol. The SMILES string of the molecule is CNC(=O)C(C)N(Cc1c(Cl)cccc1Cl)C(=O)CN(c1cc(C)ccc1C)S(C)(=O)=O. The van der Waals surface area contributed by atoms with E-state index in [0.29, 0.717) is 26.9 Å². The lowest BCUT2D eigenvalue weighted by Crippen LogP contribution is -2.50. The molecule has 0 aliphatic rings. The van der Waals surface area contributed by atoms with Gasteiger partial charge in [-0.3, -0.25) is 13.9 Å². The number of halogens is 2. The maximum atomic E-state index is 13.4. The summed E-state index contributed by atoms with van der Waals surface area (Å²) in [6.45, 7) is 4.63. The normalized spacial score (nSPS) is 12.2. The highest BCUT2D eigenvalue weighted by Crippen LogP contribution is 2.28. The Labute approximate surface area is 199 Å². The molecule has 2 rings (SSSR count). The molecule has 0 aliphatic carbocycles. The molecule has 10 heteroatoms. The Balaban J connectivity index is 2.49. The van der Waals surface area contributed by atoms with Crippen LogP contribution in [0.4, 0.5) is 5.69 Å². The maximum Gasteiger partial charge on any atom is 0.244 e. The Hall–Kier alpha value is -2.29. The van der Waals surface area contributed by atoms with E-state index >= 15 is 0 Å². The van der Waals surface area contributed by atoms with Crippen molar-refractivity contribution in [1.82, 2.24) is 10.2 Å². The summed E-state index contributed by atoms with van der Waals surface area (Å²) in [5, 5.41) is 3.20. The highest BCUT2D eigenvalue weighted by molar-refractivity contribution is 7.92. The molecule has 32 heavy (non-hydrogen) atoms. The van der Waals surface area contributed by atoms with Crippen molar-refractivity contribution in [2.75, 3.05) is 24.2 Å². The minimum atomic E-state index is -3.79. The van der Waals surface area contributed by atoms with Crippen LogP contribution in [0.1, 0.15) is 23.6 Å². The zero-order valence-corrected chi connectivity index (χ0v) is 21.0. The minimum Gasteiger partial charge on any atom is -0.357 e. The van der Waals surface area contributed by atoms with Crippen LogP contribution in [0.5, 0.6) is 0 Å². The summed E-state index contributed by atoms with van der Waals surface area (Å²) in [5.74, 6) is -0.970. The number of anilines is 1. The van der Waals surface area contributed by atoms with Crippen LogP contribution in [0, 0.1) is 13.8 Å². The zero-order chi connectivity index (χ0) is 24.2. The van der Waals surface area contributed by atoms with E-state index in [9.17, 15) is 18.0 Å². The first kappa shape index (κ1) is 26.0. The number of nitrogens with one attached hydrogen (secondary N) is 1. The first-order valence-corrected chi connectivity index (χ1v) is 12.5. The predicted octanol–water partition coefficient (Wildman–Crippen LogP) is 3.54. The summed E-state index contributed by atoms with van der Waals surface area (Å²) < 4.78 is 26.3. The number of sulfonamides is 1. The van der Waals surface area contributed by atoms with Gasteiger partial charge in [-0.15, -0.1) is 0 Å². The third-order valence-electron chi connectivity index (χ3n) is 5.12. The van der Waals surface area contributed by atoms with Crippen LogP contribution in [-0.4, -0.2) is 51.0 Å². The lowest BCUT2D eigenvalue weighted by atomic mass is 10.1. The van der Waals surface area contributed by atoms with Gasteiger partial charge >= 0.3 is 0 Å². The molecule has 1 N–H and O–H groups in total. The summed E-state index contributed by atoms with van der Waals surface area (Å²) >= 11 is 12.6. The number of rotatable bonds is 8. The molecule has 2 aromatic carbocycles. The topological polar surface area (TPSA) is 86.8 Å². The molecule has 2 aromatic rings. The third kappa shape index (κ3) is 6.15. The average Bonchev–Trinajstić information content (AvgIpc) is 2.71. The van der Waals surface area contributed by atoms with Crippen LogP contribution in [0.2, 0.25) is 10.0 Å². The molecule has 0 saturated heterocycles. The molecule has 0 bridgehead atoms. The smallest absolute Gasteiger partial charge is 0.244 e. The molecule has 0 radical (unpaired) electrons. The Morgan fingerprint density at radius 3 is 2.22 bits per heavy atom. The number of hydrogen-bond acceptors (Lipinski definition) is 4. The molecule has 1 unspecified atom stereocenters. The second kappa shape index (κ2) is 10.6. The molecular weight excluding hydrogens is 473 g/mol. The number of nitrogens with zero attached hydrogens (tertiary/aromatic N) is 2. The molecule has 2 amide bonds. The lowest BCUT2D eigenvalue weighted by Gasteiger charge is -2.32. The van der Waals surface area contributed by atoms with E-state index in [1.807, 2.05) is 13.0 Å². The fraction of sp³-hybridized carbons (Fsp3) is 0.364. The second-order valence-electron chi connectivity index (χ2n) is 7.57. The van der Waals surface area contributed by atoms with Gasteiger partial charge in [-0.2, -0.15) is 0 Å². The number of carbonyl (C=O) groups excluding carboxylic acids is 2.